The van der Waals surface area contributed by atoms with Crippen molar-refractivity contribution in [2.45, 2.75) is 40.8 Å². The first-order valence-corrected chi connectivity index (χ1v) is 11.2. The maximum atomic E-state index is 13.5. The van der Waals surface area contributed by atoms with Gasteiger partial charge < -0.3 is 9.63 Å². The van der Waals surface area contributed by atoms with E-state index in [0.717, 1.165) is 22.5 Å². The summed E-state index contributed by atoms with van der Waals surface area (Å²) in [5.41, 5.74) is 2.25. The summed E-state index contributed by atoms with van der Waals surface area (Å²) in [6.07, 6.45) is 0.0305. The Kier molecular flexibility index (Phi) is 6.37. The largest absolute Gasteiger partial charge is 0.477 e. The predicted molar refractivity (Wildman–Crippen MR) is 111 cm³/mol. The molecule has 1 aromatic heterocycles. The van der Waals surface area contributed by atoms with Gasteiger partial charge in [0.25, 0.3) is 0 Å². The van der Waals surface area contributed by atoms with Gasteiger partial charge >= 0.3 is 5.97 Å². The van der Waals surface area contributed by atoms with E-state index >= 15 is 0 Å². The Hall–Kier alpha value is -1.86. The average molecular weight is 404 g/mol. The van der Waals surface area contributed by atoms with Gasteiger partial charge in [-0.05, 0) is 57.9 Å². The lowest BCUT2D eigenvalue weighted by Gasteiger charge is -2.19. The fraction of sp³-hybridized carbons (Fsp3) is 0.381. The van der Waals surface area contributed by atoms with Gasteiger partial charge in [-0.1, -0.05) is 29.5 Å². The zero-order valence-electron chi connectivity index (χ0n) is 16.5. The normalized spacial score (nSPS) is 13.6. The summed E-state index contributed by atoms with van der Waals surface area (Å²) in [7, 11) is -1.83. The highest BCUT2D eigenvalue weighted by atomic mass is 32.1. The lowest BCUT2D eigenvalue weighted by atomic mass is 9.98. The molecule has 0 saturated carbocycles. The van der Waals surface area contributed by atoms with E-state index in [9.17, 15) is 14.5 Å². The zero-order valence-corrected chi connectivity index (χ0v) is 18.3. The Morgan fingerprint density at radius 1 is 1.26 bits per heavy atom. The SMILES string of the molecule is COP(=O)(Cc1cc(C#CC(C)(C)C)sc1C(=O)O)c1ccc(C)cc1C. The van der Waals surface area contributed by atoms with Crippen molar-refractivity contribution in [3.8, 4) is 11.8 Å². The van der Waals surface area contributed by atoms with E-state index in [-0.39, 0.29) is 16.5 Å². The van der Waals surface area contributed by atoms with Gasteiger partial charge in [-0.15, -0.1) is 11.3 Å². The average Bonchev–Trinajstić information content (AvgIpc) is 2.95. The van der Waals surface area contributed by atoms with Crippen molar-refractivity contribution in [3.05, 3.63) is 50.7 Å². The van der Waals surface area contributed by atoms with Crippen LogP contribution in [0.1, 0.15) is 52.0 Å². The molecule has 1 N–H and O–H groups in total. The third kappa shape index (κ3) is 5.32. The van der Waals surface area contributed by atoms with Gasteiger partial charge in [0.1, 0.15) is 4.88 Å². The second-order valence-corrected chi connectivity index (χ2v) is 11.1. The highest BCUT2D eigenvalue weighted by molar-refractivity contribution is 7.66. The number of thiophene rings is 1. The molecule has 0 bridgehead atoms. The molecule has 2 aromatic rings. The van der Waals surface area contributed by atoms with Gasteiger partial charge in [-0.2, -0.15) is 0 Å². The van der Waals surface area contributed by atoms with E-state index in [1.807, 2.05) is 52.8 Å². The third-order valence-electron chi connectivity index (χ3n) is 3.96. The van der Waals surface area contributed by atoms with Crippen molar-refractivity contribution in [2.24, 2.45) is 5.41 Å². The fourth-order valence-corrected chi connectivity index (χ4v) is 5.78. The maximum absolute atomic E-state index is 13.5. The smallest absolute Gasteiger partial charge is 0.346 e. The van der Waals surface area contributed by atoms with Crippen molar-refractivity contribution >= 4 is 30.0 Å². The number of aromatic carboxylic acids is 1. The molecule has 0 amide bonds. The highest BCUT2D eigenvalue weighted by Crippen LogP contribution is 2.50. The van der Waals surface area contributed by atoms with Gasteiger partial charge in [0.2, 0.25) is 7.37 Å². The first-order valence-electron chi connectivity index (χ1n) is 8.57. The van der Waals surface area contributed by atoms with Gasteiger partial charge in [0.05, 0.1) is 11.0 Å². The summed E-state index contributed by atoms with van der Waals surface area (Å²) in [6, 6.07) is 7.37. The minimum absolute atomic E-state index is 0.0305. The number of carboxylic acid groups (broad SMARTS) is 1. The molecule has 144 valence electrons. The van der Waals surface area contributed by atoms with E-state index in [0.29, 0.717) is 15.7 Å². The number of carbonyl (C=O) groups is 1. The Labute approximate surface area is 165 Å². The number of carboxylic acids is 1. The second kappa shape index (κ2) is 8.02. The monoisotopic (exact) mass is 404 g/mol. The number of hydrogen-bond acceptors (Lipinski definition) is 4. The Balaban J connectivity index is 2.49. The van der Waals surface area contributed by atoms with Crippen LogP contribution in [0.15, 0.2) is 24.3 Å². The standard InChI is InChI=1S/C21H25O4PS/c1-14-7-8-18(15(2)11-14)26(24,25-6)13-16-12-17(9-10-21(3,4)5)27-19(16)20(22)23/h7-8,11-12H,13H2,1-6H3,(H,22,23). The van der Waals surface area contributed by atoms with Gasteiger partial charge in [0, 0.05) is 17.8 Å². The van der Waals surface area contributed by atoms with Crippen LogP contribution in [0, 0.1) is 31.1 Å². The van der Waals surface area contributed by atoms with Crippen LogP contribution in [0.2, 0.25) is 0 Å². The van der Waals surface area contributed by atoms with Crippen LogP contribution in [0.25, 0.3) is 0 Å². The molecule has 1 heterocycles. The van der Waals surface area contributed by atoms with Crippen LogP contribution in [0.5, 0.6) is 0 Å². The lowest BCUT2D eigenvalue weighted by molar-refractivity contribution is 0.0701. The van der Waals surface area contributed by atoms with Crippen LogP contribution < -0.4 is 5.30 Å². The maximum Gasteiger partial charge on any atom is 0.346 e. The van der Waals surface area contributed by atoms with Crippen LogP contribution in [-0.4, -0.2) is 18.2 Å². The Morgan fingerprint density at radius 2 is 1.93 bits per heavy atom. The van der Waals surface area contributed by atoms with Crippen molar-refractivity contribution in [1.82, 2.24) is 0 Å². The first kappa shape index (κ1) is 21.4. The van der Waals surface area contributed by atoms with Gasteiger partial charge in [-0.25, -0.2) is 4.79 Å². The highest BCUT2D eigenvalue weighted by Gasteiger charge is 2.30. The van der Waals surface area contributed by atoms with E-state index in [1.54, 1.807) is 6.07 Å². The number of hydrogen-bond donors (Lipinski definition) is 1. The molecule has 4 nitrogen and oxygen atoms in total. The predicted octanol–water partition coefficient (Wildman–Crippen LogP) is 5.21. The minimum atomic E-state index is -3.24. The van der Waals surface area contributed by atoms with Crippen molar-refractivity contribution in [3.63, 3.8) is 0 Å². The van der Waals surface area contributed by atoms with Crippen LogP contribution in [0.4, 0.5) is 0 Å². The molecule has 0 aliphatic rings. The third-order valence-corrected chi connectivity index (χ3v) is 7.62. The quantitative estimate of drug-likeness (QED) is 0.549. The summed E-state index contributed by atoms with van der Waals surface area (Å²) in [6.45, 7) is 9.83. The Bertz CT molecular complexity index is 970. The van der Waals surface area contributed by atoms with E-state index in [1.165, 1.54) is 7.11 Å². The van der Waals surface area contributed by atoms with Crippen LogP contribution in [0.3, 0.4) is 0 Å². The van der Waals surface area contributed by atoms with Crippen LogP contribution >= 0.6 is 18.7 Å². The molecule has 1 atom stereocenters. The molecule has 0 spiro atoms. The molecule has 27 heavy (non-hydrogen) atoms. The van der Waals surface area contributed by atoms with E-state index in [2.05, 4.69) is 11.8 Å². The van der Waals surface area contributed by atoms with Crippen molar-refractivity contribution < 1.29 is 19.0 Å². The van der Waals surface area contributed by atoms with E-state index < -0.39 is 13.3 Å². The summed E-state index contributed by atoms with van der Waals surface area (Å²) in [4.78, 5) is 12.5. The molecular weight excluding hydrogens is 379 g/mol. The summed E-state index contributed by atoms with van der Waals surface area (Å²) < 4.78 is 19.0. The molecular formula is C21H25O4PS. The van der Waals surface area contributed by atoms with Gasteiger partial charge in [0.15, 0.2) is 0 Å². The van der Waals surface area contributed by atoms with Crippen molar-refractivity contribution in [1.29, 1.82) is 0 Å². The topological polar surface area (TPSA) is 63.6 Å². The molecule has 0 aliphatic heterocycles. The number of rotatable bonds is 5. The minimum Gasteiger partial charge on any atom is -0.477 e. The van der Waals surface area contributed by atoms with Crippen LogP contribution in [-0.2, 0) is 15.3 Å². The van der Waals surface area contributed by atoms with Gasteiger partial charge in [-0.3, -0.25) is 4.57 Å². The molecule has 6 heteroatoms. The molecule has 1 aromatic carbocycles. The molecule has 0 aliphatic carbocycles. The molecule has 0 radical (unpaired) electrons. The molecule has 1 unspecified atom stereocenters. The van der Waals surface area contributed by atoms with E-state index in [4.69, 9.17) is 4.52 Å². The first-order chi connectivity index (χ1) is 12.4. The Morgan fingerprint density at radius 3 is 2.44 bits per heavy atom. The summed E-state index contributed by atoms with van der Waals surface area (Å²) in [5, 5.41) is 10.2. The molecule has 0 fully saturated rings. The molecule has 0 saturated heterocycles. The summed E-state index contributed by atoms with van der Waals surface area (Å²) in [5.74, 6) is 5.11. The number of aryl methyl sites for hydroxylation is 2. The fourth-order valence-electron chi connectivity index (χ4n) is 2.70. The number of benzene rings is 1. The zero-order chi connectivity index (χ0) is 20.4. The second-order valence-electron chi connectivity index (χ2n) is 7.57. The summed E-state index contributed by atoms with van der Waals surface area (Å²) >= 11 is 1.11. The van der Waals surface area contributed by atoms with Crippen molar-refractivity contribution in [2.75, 3.05) is 7.11 Å². The molecule has 2 rings (SSSR count). The lowest BCUT2D eigenvalue weighted by Crippen LogP contribution is -2.13.